The highest BCUT2D eigenvalue weighted by Gasteiger charge is 2.62. The van der Waals surface area contributed by atoms with Gasteiger partial charge in [-0.05, 0) is 23.6 Å². The number of halogens is 3. The fourth-order valence-corrected chi connectivity index (χ4v) is 4.05. The van der Waals surface area contributed by atoms with Gasteiger partial charge in [0.1, 0.15) is 4.90 Å². The van der Waals surface area contributed by atoms with Gasteiger partial charge in [-0.3, -0.25) is 9.97 Å². The first-order valence-corrected chi connectivity index (χ1v) is 10.3. The summed E-state index contributed by atoms with van der Waals surface area (Å²) in [6.07, 6.45) is -1.40. The van der Waals surface area contributed by atoms with Gasteiger partial charge in [-0.25, -0.2) is 13.6 Å². The topological polar surface area (TPSA) is 125 Å². The van der Waals surface area contributed by atoms with Crippen molar-refractivity contribution in [1.29, 1.82) is 0 Å². The molecule has 1 saturated carbocycles. The maximum atomic E-state index is 12.9. The van der Waals surface area contributed by atoms with Crippen LogP contribution in [-0.2, 0) is 16.2 Å². The van der Waals surface area contributed by atoms with Crippen LogP contribution in [0.15, 0.2) is 46.2 Å². The van der Waals surface area contributed by atoms with E-state index in [0.29, 0.717) is 5.69 Å². The van der Waals surface area contributed by atoms with Crippen LogP contribution >= 0.6 is 0 Å². The molecule has 30 heavy (non-hydrogen) atoms. The Hall–Kier alpha value is -2.86. The van der Waals surface area contributed by atoms with Gasteiger partial charge in [-0.1, -0.05) is 19.0 Å². The van der Waals surface area contributed by atoms with Crippen LogP contribution in [0.25, 0.3) is 11.4 Å². The number of pyridine rings is 2. The summed E-state index contributed by atoms with van der Waals surface area (Å²) in [4.78, 5) is 12.0. The zero-order valence-corrected chi connectivity index (χ0v) is 16.6. The molecule has 12 heteroatoms. The van der Waals surface area contributed by atoms with Crippen molar-refractivity contribution >= 4 is 10.0 Å². The minimum Gasteiger partial charge on any atom is -0.339 e. The van der Waals surface area contributed by atoms with Gasteiger partial charge in [0.15, 0.2) is 0 Å². The molecule has 3 aromatic heterocycles. The Bertz CT molecular complexity index is 1210. The Morgan fingerprint density at radius 1 is 1.13 bits per heavy atom. The molecule has 2 atom stereocenters. The maximum Gasteiger partial charge on any atom is 0.417 e. The average molecular weight is 439 g/mol. The van der Waals surface area contributed by atoms with Gasteiger partial charge in [0.25, 0.3) is 0 Å². The molecule has 1 aliphatic carbocycles. The largest absolute Gasteiger partial charge is 0.417 e. The molecular formula is C18H16F3N5O3S. The van der Waals surface area contributed by atoms with E-state index in [1.165, 1.54) is 18.5 Å². The second-order valence-electron chi connectivity index (χ2n) is 7.66. The zero-order valence-electron chi connectivity index (χ0n) is 15.8. The van der Waals surface area contributed by atoms with E-state index in [0.717, 1.165) is 12.3 Å². The van der Waals surface area contributed by atoms with Gasteiger partial charge in [0.2, 0.25) is 21.7 Å². The van der Waals surface area contributed by atoms with Crippen LogP contribution in [0.2, 0.25) is 0 Å². The Morgan fingerprint density at radius 3 is 2.47 bits per heavy atom. The van der Waals surface area contributed by atoms with Crippen LogP contribution in [0, 0.1) is 5.41 Å². The fraction of sp³-hybridized carbons (Fsp3) is 0.333. The van der Waals surface area contributed by atoms with Gasteiger partial charge in [-0.15, -0.1) is 0 Å². The van der Waals surface area contributed by atoms with Crippen molar-refractivity contribution in [2.75, 3.05) is 0 Å². The van der Waals surface area contributed by atoms with E-state index in [-0.39, 0.29) is 39.4 Å². The minimum absolute atomic E-state index is 0.00239. The highest BCUT2D eigenvalue weighted by atomic mass is 32.2. The third kappa shape index (κ3) is 3.56. The summed E-state index contributed by atoms with van der Waals surface area (Å²) in [6, 6.07) is 3.85. The summed E-state index contributed by atoms with van der Waals surface area (Å²) >= 11 is 0. The lowest BCUT2D eigenvalue weighted by atomic mass is 10.1. The first-order chi connectivity index (χ1) is 13.9. The third-order valence-electron chi connectivity index (χ3n) is 5.27. The van der Waals surface area contributed by atoms with E-state index in [9.17, 15) is 21.6 Å². The quantitative estimate of drug-likeness (QED) is 0.662. The molecule has 158 valence electrons. The molecular weight excluding hydrogens is 423 g/mol. The highest BCUT2D eigenvalue weighted by molar-refractivity contribution is 7.89. The molecule has 0 aromatic carbocycles. The molecule has 0 amide bonds. The van der Waals surface area contributed by atoms with Crippen molar-refractivity contribution in [2.24, 2.45) is 10.6 Å². The second kappa shape index (κ2) is 6.57. The molecule has 8 nitrogen and oxygen atoms in total. The lowest BCUT2D eigenvalue weighted by Crippen LogP contribution is -2.12. The van der Waals surface area contributed by atoms with Crippen molar-refractivity contribution in [3.63, 3.8) is 0 Å². The SMILES string of the molecule is CC1(C)[C@@H](c2ccc(S(N)(=O)=O)cn2)[C@@H]1c1nc(-c2cncc(C(F)(F)F)c2)no1. The molecule has 2 N–H and O–H groups in total. The second-order valence-corrected chi connectivity index (χ2v) is 9.22. The van der Waals surface area contributed by atoms with Crippen molar-refractivity contribution < 1.29 is 26.1 Å². The molecule has 0 bridgehead atoms. The predicted octanol–water partition coefficient (Wildman–Crippen LogP) is 3.10. The molecule has 0 aliphatic heterocycles. The summed E-state index contributed by atoms with van der Waals surface area (Å²) in [7, 11) is -3.85. The van der Waals surface area contributed by atoms with Crippen LogP contribution in [0.1, 0.15) is 42.8 Å². The van der Waals surface area contributed by atoms with Crippen LogP contribution in [0.3, 0.4) is 0 Å². The smallest absolute Gasteiger partial charge is 0.339 e. The Balaban J connectivity index is 1.61. The number of rotatable bonds is 4. The number of alkyl halides is 3. The molecule has 3 heterocycles. The first-order valence-electron chi connectivity index (χ1n) is 8.74. The lowest BCUT2D eigenvalue weighted by molar-refractivity contribution is -0.137. The molecule has 1 fully saturated rings. The zero-order chi connectivity index (χ0) is 21.9. The fourth-order valence-electron chi connectivity index (χ4n) is 3.59. The number of aromatic nitrogens is 4. The number of nitrogens with two attached hydrogens (primary N) is 1. The Kier molecular flexibility index (Phi) is 4.47. The van der Waals surface area contributed by atoms with E-state index < -0.39 is 21.8 Å². The standard InChI is InChI=1S/C18H16F3N5O3S/c1-17(2)13(12-4-3-11(8-24-12)30(22,27)28)14(17)16-25-15(26-29-16)9-5-10(7-23-6-9)18(19,20)21/h3-8,13-14H,1-2H3,(H2,22,27,28)/t13-,14+/m0/s1. The van der Waals surface area contributed by atoms with Crippen molar-refractivity contribution in [3.05, 3.63) is 53.9 Å². The predicted molar refractivity (Wildman–Crippen MR) is 97.4 cm³/mol. The summed E-state index contributed by atoms with van der Waals surface area (Å²) in [5, 5.41) is 8.89. The van der Waals surface area contributed by atoms with Gasteiger partial charge < -0.3 is 4.52 Å². The summed E-state index contributed by atoms with van der Waals surface area (Å²) in [5.74, 6) is -0.109. The monoisotopic (exact) mass is 439 g/mol. The van der Waals surface area contributed by atoms with Gasteiger partial charge in [0.05, 0.1) is 11.5 Å². The molecule has 0 saturated heterocycles. The summed E-state index contributed by atoms with van der Waals surface area (Å²) < 4.78 is 66.8. The molecule has 0 unspecified atom stereocenters. The normalized spacial score (nSPS) is 20.9. The molecule has 1 aliphatic rings. The van der Waals surface area contributed by atoms with E-state index in [1.54, 1.807) is 6.07 Å². The van der Waals surface area contributed by atoms with Crippen LogP contribution in [0.4, 0.5) is 13.2 Å². The summed E-state index contributed by atoms with van der Waals surface area (Å²) in [6.45, 7) is 3.90. The number of primary sulfonamides is 1. The Morgan fingerprint density at radius 2 is 1.87 bits per heavy atom. The minimum atomic E-state index is -4.53. The van der Waals surface area contributed by atoms with Gasteiger partial charge in [-0.2, -0.15) is 18.2 Å². The van der Waals surface area contributed by atoms with Gasteiger partial charge >= 0.3 is 6.18 Å². The molecule has 4 rings (SSSR count). The van der Waals surface area contributed by atoms with Crippen LogP contribution in [0.5, 0.6) is 0 Å². The third-order valence-corrected chi connectivity index (χ3v) is 6.16. The molecule has 0 spiro atoms. The van der Waals surface area contributed by atoms with Crippen LogP contribution < -0.4 is 5.14 Å². The number of sulfonamides is 1. The Labute approximate surface area is 169 Å². The van der Waals surface area contributed by atoms with E-state index >= 15 is 0 Å². The van der Waals surface area contributed by atoms with Crippen molar-refractivity contribution in [1.82, 2.24) is 20.1 Å². The highest BCUT2D eigenvalue weighted by Crippen LogP contribution is 2.69. The van der Waals surface area contributed by atoms with E-state index in [2.05, 4.69) is 20.1 Å². The van der Waals surface area contributed by atoms with Crippen LogP contribution in [-0.4, -0.2) is 28.5 Å². The van der Waals surface area contributed by atoms with E-state index in [1.807, 2.05) is 13.8 Å². The van der Waals surface area contributed by atoms with Crippen molar-refractivity contribution in [2.45, 2.75) is 36.8 Å². The van der Waals surface area contributed by atoms with Gasteiger partial charge in [0, 0.05) is 35.8 Å². The van der Waals surface area contributed by atoms with Crippen molar-refractivity contribution in [3.8, 4) is 11.4 Å². The van der Waals surface area contributed by atoms with E-state index in [4.69, 9.17) is 9.66 Å². The maximum absolute atomic E-state index is 12.9. The molecule has 3 aromatic rings. The number of nitrogens with zero attached hydrogens (tertiary/aromatic N) is 4. The number of hydrogen-bond donors (Lipinski definition) is 1. The molecule has 0 radical (unpaired) electrons. The summed E-state index contributed by atoms with van der Waals surface area (Å²) in [5.41, 5.74) is -0.523. The number of hydrogen-bond acceptors (Lipinski definition) is 7. The average Bonchev–Trinajstić information content (AvgIpc) is 3.01. The lowest BCUT2D eigenvalue weighted by Gasteiger charge is -2.05. The first kappa shape index (κ1) is 20.4.